The number of alkyl carbamates (subject to hydrolysis) is 1. The summed E-state index contributed by atoms with van der Waals surface area (Å²) in [6.45, 7) is 4.71. The van der Waals surface area contributed by atoms with Gasteiger partial charge in [-0.3, -0.25) is 4.79 Å². The van der Waals surface area contributed by atoms with Crippen molar-refractivity contribution in [3.63, 3.8) is 0 Å². The number of rotatable bonds is 5. The number of carbonyl (C=O) groups excluding carboxylic acids is 2. The van der Waals surface area contributed by atoms with Crippen LogP contribution in [0.1, 0.15) is 57.9 Å². The molecule has 3 atom stereocenters. The molecule has 0 radical (unpaired) electrons. The van der Waals surface area contributed by atoms with Gasteiger partial charge in [0.15, 0.2) is 0 Å². The Morgan fingerprint density at radius 1 is 1.14 bits per heavy atom. The maximum absolute atomic E-state index is 12.5. The predicted molar refractivity (Wildman–Crippen MR) is 115 cm³/mol. The molecule has 1 aliphatic heterocycles. The molecule has 28 heavy (non-hydrogen) atoms. The number of hydrogen-bond donors (Lipinski definition) is 1. The van der Waals surface area contributed by atoms with Crippen LogP contribution in [0, 0.1) is 5.92 Å². The van der Waals surface area contributed by atoms with Crippen molar-refractivity contribution in [2.24, 2.45) is 5.92 Å². The Bertz CT molecular complexity index is 611. The van der Waals surface area contributed by atoms with Crippen molar-refractivity contribution in [2.45, 2.75) is 71.1 Å². The van der Waals surface area contributed by atoms with Gasteiger partial charge >= 0.3 is 6.09 Å². The molecule has 156 valence electrons. The molecule has 0 unspecified atom stereocenters. The summed E-state index contributed by atoms with van der Waals surface area (Å²) in [7, 11) is 0. The summed E-state index contributed by atoms with van der Waals surface area (Å²) in [5.74, 6) is 0.691. The van der Waals surface area contributed by atoms with E-state index in [0.29, 0.717) is 23.8 Å². The molecule has 0 aromatic heterocycles. The summed E-state index contributed by atoms with van der Waals surface area (Å²) in [5.41, 5.74) is 0.960. The molecule has 2 fully saturated rings. The summed E-state index contributed by atoms with van der Waals surface area (Å²) < 4.78 is 5.29. The van der Waals surface area contributed by atoms with Gasteiger partial charge in [0.25, 0.3) is 0 Å². The van der Waals surface area contributed by atoms with Gasteiger partial charge in [0.05, 0.1) is 5.33 Å². The van der Waals surface area contributed by atoms with E-state index >= 15 is 0 Å². The molecule has 2 amide bonds. The van der Waals surface area contributed by atoms with E-state index in [1.165, 1.54) is 25.7 Å². The highest BCUT2D eigenvalue weighted by atomic mass is 79.9. The summed E-state index contributed by atoms with van der Waals surface area (Å²) in [4.78, 5) is 26.6. The van der Waals surface area contributed by atoms with Gasteiger partial charge in [-0.1, -0.05) is 79.4 Å². The van der Waals surface area contributed by atoms with Gasteiger partial charge < -0.3 is 15.0 Å². The zero-order chi connectivity index (χ0) is 20.4. The maximum atomic E-state index is 12.5. The summed E-state index contributed by atoms with van der Waals surface area (Å²) in [6, 6.07) is 10.0. The average Bonchev–Trinajstić information content (AvgIpc) is 2.93. The molecule has 1 N–H and O–H groups in total. The Balaban J connectivity index is 0.00000136. The van der Waals surface area contributed by atoms with E-state index in [1.54, 1.807) is 0 Å². The van der Waals surface area contributed by atoms with Crippen molar-refractivity contribution in [2.75, 3.05) is 11.9 Å². The van der Waals surface area contributed by atoms with Crippen molar-refractivity contribution >= 4 is 27.9 Å². The molecule has 1 heterocycles. The standard InChI is InChI=1S/C20H27BrN2O3.C2H6/c21-12-19(24)23-17(11-16-9-5-2-6-10-18(16)23)13-22-20(25)26-14-15-7-3-1-4-8-15;1-2/h1,3-4,7-8,16-18H,2,5-6,9-14H2,(H,22,25);1-2H3/t16-,17-,18+;/m0./s1. The average molecular weight is 453 g/mol. The Hall–Kier alpha value is -1.56. The molecular weight excluding hydrogens is 420 g/mol. The van der Waals surface area contributed by atoms with Crippen LogP contribution in [0.5, 0.6) is 0 Å². The van der Waals surface area contributed by atoms with Gasteiger partial charge in [0.2, 0.25) is 5.91 Å². The minimum absolute atomic E-state index is 0.0671. The lowest BCUT2D eigenvalue weighted by atomic mass is 9.94. The number of likely N-dealkylation sites (tertiary alicyclic amines) is 1. The first-order chi connectivity index (χ1) is 13.7. The molecule has 1 aromatic carbocycles. The predicted octanol–water partition coefficient (Wildman–Crippen LogP) is 4.88. The molecule has 2 aliphatic rings. The van der Waals surface area contributed by atoms with Crippen LogP contribution in [0.2, 0.25) is 0 Å². The third-order valence-corrected chi connectivity index (χ3v) is 6.02. The second-order valence-corrected chi connectivity index (χ2v) is 7.79. The van der Waals surface area contributed by atoms with Crippen LogP contribution in [0.3, 0.4) is 0 Å². The van der Waals surface area contributed by atoms with Gasteiger partial charge in [-0.15, -0.1) is 0 Å². The number of hydrogen-bond acceptors (Lipinski definition) is 3. The van der Waals surface area contributed by atoms with Gasteiger partial charge in [-0.25, -0.2) is 4.79 Å². The molecular formula is C22H33BrN2O3. The van der Waals surface area contributed by atoms with Crippen LogP contribution in [0.15, 0.2) is 30.3 Å². The smallest absolute Gasteiger partial charge is 0.407 e. The normalized spacial score (nSPS) is 23.7. The summed E-state index contributed by atoms with van der Waals surface area (Å²) in [6.07, 6.45) is 6.51. The van der Waals surface area contributed by atoms with Crippen LogP contribution >= 0.6 is 15.9 Å². The Labute approximate surface area is 177 Å². The lowest BCUT2D eigenvalue weighted by Gasteiger charge is -2.31. The summed E-state index contributed by atoms with van der Waals surface area (Å²) >= 11 is 3.32. The molecule has 6 heteroatoms. The fraction of sp³-hybridized carbons (Fsp3) is 0.636. The zero-order valence-electron chi connectivity index (χ0n) is 17.0. The number of fused-ring (bicyclic) bond motifs is 1. The van der Waals surface area contributed by atoms with E-state index in [9.17, 15) is 9.59 Å². The monoisotopic (exact) mass is 452 g/mol. The van der Waals surface area contributed by atoms with Crippen LogP contribution in [0.25, 0.3) is 0 Å². The number of halogens is 1. The molecule has 1 aliphatic carbocycles. The number of benzene rings is 1. The molecule has 1 saturated carbocycles. The minimum atomic E-state index is -0.424. The second-order valence-electron chi connectivity index (χ2n) is 7.23. The van der Waals surface area contributed by atoms with Crippen molar-refractivity contribution < 1.29 is 14.3 Å². The highest BCUT2D eigenvalue weighted by Gasteiger charge is 2.43. The lowest BCUT2D eigenvalue weighted by Crippen LogP contribution is -2.47. The first kappa shape index (κ1) is 22.7. The Morgan fingerprint density at radius 2 is 1.86 bits per heavy atom. The number of alkyl halides is 1. The minimum Gasteiger partial charge on any atom is -0.445 e. The summed E-state index contributed by atoms with van der Waals surface area (Å²) in [5, 5.41) is 3.20. The van der Waals surface area contributed by atoms with E-state index in [2.05, 4.69) is 21.2 Å². The molecule has 0 spiro atoms. The van der Waals surface area contributed by atoms with Crippen molar-refractivity contribution in [1.82, 2.24) is 10.2 Å². The highest BCUT2D eigenvalue weighted by molar-refractivity contribution is 9.09. The number of nitrogens with one attached hydrogen (secondary N) is 1. The van der Waals surface area contributed by atoms with Crippen molar-refractivity contribution in [3.8, 4) is 0 Å². The SMILES string of the molecule is CC.O=C(NC[C@@H]1C[C@@H]2CCCCC[C@H]2N1C(=O)CBr)OCc1ccccc1. The van der Waals surface area contributed by atoms with E-state index < -0.39 is 6.09 Å². The highest BCUT2D eigenvalue weighted by Crippen LogP contribution is 2.38. The van der Waals surface area contributed by atoms with E-state index in [1.807, 2.05) is 49.1 Å². The Kier molecular flexibility index (Phi) is 9.82. The lowest BCUT2D eigenvalue weighted by molar-refractivity contribution is -0.131. The number of nitrogens with zero attached hydrogens (tertiary/aromatic N) is 1. The molecule has 1 aromatic rings. The molecule has 3 rings (SSSR count). The van der Waals surface area contributed by atoms with Crippen LogP contribution in [0.4, 0.5) is 4.79 Å². The van der Waals surface area contributed by atoms with Gasteiger partial charge in [-0.05, 0) is 30.7 Å². The third-order valence-electron chi connectivity index (χ3n) is 5.54. The first-order valence-corrected chi connectivity index (χ1v) is 11.6. The third kappa shape index (κ3) is 6.23. The number of ether oxygens (including phenoxy) is 1. The largest absolute Gasteiger partial charge is 0.445 e. The van der Waals surface area contributed by atoms with Crippen LogP contribution < -0.4 is 5.32 Å². The zero-order valence-corrected chi connectivity index (χ0v) is 18.6. The van der Waals surface area contributed by atoms with E-state index in [0.717, 1.165) is 18.4 Å². The molecule has 1 saturated heterocycles. The fourth-order valence-electron chi connectivity index (χ4n) is 4.35. The first-order valence-electron chi connectivity index (χ1n) is 10.5. The number of amides is 2. The molecule has 5 nitrogen and oxygen atoms in total. The number of carbonyl (C=O) groups is 2. The Morgan fingerprint density at radius 3 is 2.57 bits per heavy atom. The van der Waals surface area contributed by atoms with Gasteiger partial charge in [-0.2, -0.15) is 0 Å². The second kappa shape index (κ2) is 12.1. The van der Waals surface area contributed by atoms with Crippen LogP contribution in [-0.2, 0) is 16.1 Å². The topological polar surface area (TPSA) is 58.6 Å². The molecule has 0 bridgehead atoms. The van der Waals surface area contributed by atoms with E-state index in [4.69, 9.17) is 4.74 Å². The fourth-order valence-corrected chi connectivity index (χ4v) is 4.64. The van der Waals surface area contributed by atoms with Gasteiger partial charge in [0.1, 0.15) is 6.61 Å². The quantitative estimate of drug-likeness (QED) is 0.647. The van der Waals surface area contributed by atoms with Gasteiger partial charge in [0, 0.05) is 18.6 Å². The van der Waals surface area contributed by atoms with Crippen molar-refractivity contribution in [3.05, 3.63) is 35.9 Å². The van der Waals surface area contributed by atoms with Crippen LogP contribution in [-0.4, -0.2) is 40.9 Å². The van der Waals surface area contributed by atoms with Crippen molar-refractivity contribution in [1.29, 1.82) is 0 Å². The van der Waals surface area contributed by atoms with E-state index in [-0.39, 0.29) is 18.6 Å². The maximum Gasteiger partial charge on any atom is 0.407 e.